The van der Waals surface area contributed by atoms with Crippen molar-refractivity contribution in [2.45, 2.75) is 52.1 Å². The number of hydrogen-bond donors (Lipinski definition) is 1. The normalized spacial score (nSPS) is 23.1. The zero-order valence-electron chi connectivity index (χ0n) is 11.8. The molecule has 19 heavy (non-hydrogen) atoms. The molecule has 3 heteroatoms. The molecule has 0 radical (unpaired) electrons. The highest BCUT2D eigenvalue weighted by atomic mass is 32.1. The number of hydrogen-bond acceptors (Lipinski definition) is 2. The van der Waals surface area contributed by atoms with Crippen LogP contribution in [-0.2, 0) is 0 Å². The zero-order valence-corrected chi connectivity index (χ0v) is 12.6. The maximum absolute atomic E-state index is 6.19. The first-order valence-corrected chi connectivity index (χ1v) is 7.58. The van der Waals surface area contributed by atoms with E-state index in [0.717, 1.165) is 30.1 Å². The fraction of sp³-hybridized carbons (Fsp3) is 0.562. The lowest BCUT2D eigenvalue weighted by Crippen LogP contribution is -2.26. The third kappa shape index (κ3) is 3.69. The molecule has 2 rings (SSSR count). The molecule has 0 aliphatic heterocycles. The van der Waals surface area contributed by atoms with E-state index in [4.69, 9.17) is 22.7 Å². The van der Waals surface area contributed by atoms with Gasteiger partial charge in [-0.05, 0) is 49.8 Å². The van der Waals surface area contributed by atoms with Crippen molar-refractivity contribution in [1.82, 2.24) is 0 Å². The molecule has 0 heterocycles. The minimum Gasteiger partial charge on any atom is -0.490 e. The van der Waals surface area contributed by atoms with Gasteiger partial charge in [0.05, 0.1) is 11.7 Å². The molecule has 1 aliphatic rings. The monoisotopic (exact) mass is 277 g/mol. The summed E-state index contributed by atoms with van der Waals surface area (Å²) < 4.78 is 6.19. The van der Waals surface area contributed by atoms with Crippen LogP contribution in [0.4, 0.5) is 0 Å². The maximum Gasteiger partial charge on any atom is 0.130 e. The number of thiocarbonyl (C=S) groups is 1. The lowest BCUT2D eigenvalue weighted by molar-refractivity contribution is 0.122. The SMILES string of the molecule is CCC1CCCC(Oc2cc(C)ccc2C(N)=S)C1. The number of rotatable bonds is 4. The number of benzene rings is 1. The predicted molar refractivity (Wildman–Crippen MR) is 83.7 cm³/mol. The average Bonchev–Trinajstić information content (AvgIpc) is 2.38. The second-order valence-corrected chi connectivity index (χ2v) is 5.98. The Kier molecular flexibility index (Phi) is 4.81. The highest BCUT2D eigenvalue weighted by Crippen LogP contribution is 2.31. The summed E-state index contributed by atoms with van der Waals surface area (Å²) in [4.78, 5) is 0.415. The molecule has 1 aromatic carbocycles. The highest BCUT2D eigenvalue weighted by molar-refractivity contribution is 7.80. The van der Waals surface area contributed by atoms with E-state index in [0.29, 0.717) is 11.1 Å². The van der Waals surface area contributed by atoms with Gasteiger partial charge >= 0.3 is 0 Å². The van der Waals surface area contributed by atoms with E-state index in [9.17, 15) is 0 Å². The van der Waals surface area contributed by atoms with Crippen molar-refractivity contribution in [1.29, 1.82) is 0 Å². The van der Waals surface area contributed by atoms with Crippen molar-refractivity contribution >= 4 is 17.2 Å². The molecule has 0 bridgehead atoms. The van der Waals surface area contributed by atoms with Crippen LogP contribution in [0.25, 0.3) is 0 Å². The zero-order chi connectivity index (χ0) is 13.8. The van der Waals surface area contributed by atoms with Gasteiger partial charge in [-0.25, -0.2) is 0 Å². The van der Waals surface area contributed by atoms with Crippen LogP contribution in [0.2, 0.25) is 0 Å². The van der Waals surface area contributed by atoms with Crippen LogP contribution >= 0.6 is 12.2 Å². The van der Waals surface area contributed by atoms with Gasteiger partial charge in [0.2, 0.25) is 0 Å². The van der Waals surface area contributed by atoms with Gasteiger partial charge in [0.1, 0.15) is 10.7 Å². The molecule has 0 amide bonds. The summed E-state index contributed by atoms with van der Waals surface area (Å²) >= 11 is 5.10. The van der Waals surface area contributed by atoms with Crippen molar-refractivity contribution in [3.8, 4) is 5.75 Å². The van der Waals surface area contributed by atoms with E-state index in [1.54, 1.807) is 0 Å². The Morgan fingerprint density at radius 3 is 2.89 bits per heavy atom. The molecule has 1 fully saturated rings. The van der Waals surface area contributed by atoms with Crippen LogP contribution in [0.3, 0.4) is 0 Å². The van der Waals surface area contributed by atoms with Gasteiger partial charge in [0.25, 0.3) is 0 Å². The second-order valence-electron chi connectivity index (χ2n) is 5.54. The average molecular weight is 277 g/mol. The topological polar surface area (TPSA) is 35.2 Å². The molecule has 1 aliphatic carbocycles. The number of nitrogens with two attached hydrogens (primary N) is 1. The molecule has 2 N–H and O–H groups in total. The summed E-state index contributed by atoms with van der Waals surface area (Å²) in [6.45, 7) is 4.33. The predicted octanol–water partition coefficient (Wildman–Crippen LogP) is 3.98. The molecular weight excluding hydrogens is 254 g/mol. The molecular formula is C16H23NOS. The molecule has 2 nitrogen and oxygen atoms in total. The van der Waals surface area contributed by atoms with Gasteiger partial charge in [-0.1, -0.05) is 38.0 Å². The molecule has 0 saturated heterocycles. The van der Waals surface area contributed by atoms with Gasteiger partial charge < -0.3 is 10.5 Å². The summed E-state index contributed by atoms with van der Waals surface area (Å²) in [7, 11) is 0. The largest absolute Gasteiger partial charge is 0.490 e. The molecule has 1 saturated carbocycles. The molecule has 0 spiro atoms. The molecule has 2 unspecified atom stereocenters. The smallest absolute Gasteiger partial charge is 0.130 e. The third-order valence-electron chi connectivity index (χ3n) is 4.01. The number of ether oxygens (including phenoxy) is 1. The summed E-state index contributed by atoms with van der Waals surface area (Å²) in [5.41, 5.74) is 7.81. The second kappa shape index (κ2) is 6.38. The fourth-order valence-corrected chi connectivity index (χ4v) is 3.00. The van der Waals surface area contributed by atoms with Gasteiger partial charge in [0, 0.05) is 0 Å². The summed E-state index contributed by atoms with van der Waals surface area (Å²) in [5.74, 6) is 1.66. The molecule has 104 valence electrons. The van der Waals surface area contributed by atoms with Crippen LogP contribution in [0.1, 0.15) is 50.2 Å². The van der Waals surface area contributed by atoms with E-state index in [-0.39, 0.29) is 0 Å². The van der Waals surface area contributed by atoms with E-state index in [2.05, 4.69) is 13.8 Å². The lowest BCUT2D eigenvalue weighted by Gasteiger charge is -2.29. The van der Waals surface area contributed by atoms with Crippen LogP contribution < -0.4 is 10.5 Å². The summed E-state index contributed by atoms with van der Waals surface area (Å²) in [5, 5.41) is 0. The van der Waals surface area contributed by atoms with Gasteiger partial charge in [0.15, 0.2) is 0 Å². The Morgan fingerprint density at radius 1 is 1.42 bits per heavy atom. The Balaban J connectivity index is 2.13. The Labute approximate surface area is 121 Å². The van der Waals surface area contributed by atoms with Gasteiger partial charge in [-0.2, -0.15) is 0 Å². The molecule has 0 aromatic heterocycles. The Morgan fingerprint density at radius 2 is 2.21 bits per heavy atom. The van der Waals surface area contributed by atoms with Crippen molar-refractivity contribution in [3.05, 3.63) is 29.3 Å². The minimum absolute atomic E-state index is 0.314. The van der Waals surface area contributed by atoms with E-state index in [1.165, 1.54) is 24.8 Å². The van der Waals surface area contributed by atoms with Crippen LogP contribution in [-0.4, -0.2) is 11.1 Å². The lowest BCUT2D eigenvalue weighted by atomic mass is 9.85. The molecule has 1 aromatic rings. The van der Waals surface area contributed by atoms with Crippen LogP contribution in [0.5, 0.6) is 5.75 Å². The van der Waals surface area contributed by atoms with E-state index in [1.807, 2.05) is 18.2 Å². The van der Waals surface area contributed by atoms with E-state index >= 15 is 0 Å². The standard InChI is InChI=1S/C16H23NOS/c1-3-12-5-4-6-13(10-12)18-15-9-11(2)7-8-14(15)16(17)19/h7-9,12-13H,3-6,10H2,1-2H3,(H2,17,19). The minimum atomic E-state index is 0.314. The van der Waals surface area contributed by atoms with Crippen molar-refractivity contribution < 1.29 is 4.74 Å². The van der Waals surface area contributed by atoms with Crippen molar-refractivity contribution in [2.75, 3.05) is 0 Å². The third-order valence-corrected chi connectivity index (χ3v) is 4.23. The first-order valence-electron chi connectivity index (χ1n) is 7.17. The van der Waals surface area contributed by atoms with Crippen LogP contribution in [0, 0.1) is 12.8 Å². The van der Waals surface area contributed by atoms with Crippen molar-refractivity contribution in [3.63, 3.8) is 0 Å². The summed E-state index contributed by atoms with van der Waals surface area (Å²) in [6, 6.07) is 6.04. The Hall–Kier alpha value is -1.09. The van der Waals surface area contributed by atoms with Crippen molar-refractivity contribution in [2.24, 2.45) is 11.7 Å². The first kappa shape index (κ1) is 14.3. The van der Waals surface area contributed by atoms with E-state index < -0.39 is 0 Å². The molecule has 2 atom stereocenters. The number of aryl methyl sites for hydroxylation is 1. The quantitative estimate of drug-likeness (QED) is 0.846. The van der Waals surface area contributed by atoms with Gasteiger partial charge in [-0.15, -0.1) is 0 Å². The maximum atomic E-state index is 6.19. The van der Waals surface area contributed by atoms with Gasteiger partial charge in [-0.3, -0.25) is 0 Å². The Bertz CT molecular complexity index is 458. The fourth-order valence-electron chi connectivity index (χ4n) is 2.83. The van der Waals surface area contributed by atoms with Crippen LogP contribution in [0.15, 0.2) is 18.2 Å². The highest BCUT2D eigenvalue weighted by Gasteiger charge is 2.23. The first-order chi connectivity index (χ1) is 9.10. The summed E-state index contributed by atoms with van der Waals surface area (Å²) in [6.07, 6.45) is 6.45.